The Bertz CT molecular complexity index is 849. The third-order valence-electron chi connectivity index (χ3n) is 3.97. The number of amides is 1. The Hall–Kier alpha value is -2.70. The fourth-order valence-corrected chi connectivity index (χ4v) is 2.88. The van der Waals surface area contributed by atoms with E-state index in [1.165, 1.54) is 0 Å². The fourth-order valence-electron chi connectivity index (χ4n) is 2.88. The van der Waals surface area contributed by atoms with Crippen LogP contribution in [0.4, 0.5) is 5.82 Å². The lowest BCUT2D eigenvalue weighted by Gasteiger charge is -2.27. The number of fused-ring (bicyclic) bond motifs is 2. The molecule has 22 heavy (non-hydrogen) atoms. The Morgan fingerprint density at radius 1 is 1.32 bits per heavy atom. The van der Waals surface area contributed by atoms with E-state index in [4.69, 9.17) is 0 Å². The van der Waals surface area contributed by atoms with Crippen molar-refractivity contribution in [1.29, 1.82) is 0 Å². The Morgan fingerprint density at radius 2 is 2.23 bits per heavy atom. The predicted octanol–water partition coefficient (Wildman–Crippen LogP) is 1.77. The van der Waals surface area contributed by atoms with E-state index in [1.54, 1.807) is 23.4 Å². The molecule has 0 aromatic carbocycles. The number of aromatic amines is 1. The number of aryl methyl sites for hydroxylation is 2. The second-order valence-corrected chi connectivity index (χ2v) is 5.32. The van der Waals surface area contributed by atoms with Gasteiger partial charge in [0.1, 0.15) is 11.6 Å². The van der Waals surface area contributed by atoms with Crippen LogP contribution in [-0.2, 0) is 13.0 Å². The monoisotopic (exact) mass is 296 g/mol. The van der Waals surface area contributed by atoms with Crippen LogP contribution in [0.15, 0.2) is 24.5 Å². The summed E-state index contributed by atoms with van der Waals surface area (Å²) in [6, 6.07) is 3.62. The van der Waals surface area contributed by atoms with E-state index in [9.17, 15) is 4.79 Å². The number of nitrogens with one attached hydrogen (secondary N) is 1. The van der Waals surface area contributed by atoms with E-state index in [2.05, 4.69) is 20.1 Å². The van der Waals surface area contributed by atoms with Gasteiger partial charge in [0, 0.05) is 31.8 Å². The SMILES string of the molecule is CCc1nc2nccc(C(=O)N3CCCn4nccc43)c2[nH]1. The summed E-state index contributed by atoms with van der Waals surface area (Å²) in [5.74, 6) is 1.64. The molecule has 1 N–H and O–H groups in total. The maximum atomic E-state index is 13.0. The number of imidazole rings is 1. The van der Waals surface area contributed by atoms with Crippen LogP contribution < -0.4 is 4.90 Å². The Kier molecular flexibility index (Phi) is 2.92. The zero-order chi connectivity index (χ0) is 15.1. The number of hydrogen-bond donors (Lipinski definition) is 1. The minimum absolute atomic E-state index is 0.0415. The molecule has 1 aliphatic rings. The van der Waals surface area contributed by atoms with Crippen molar-refractivity contribution < 1.29 is 4.79 Å². The minimum atomic E-state index is -0.0415. The number of H-pyrrole nitrogens is 1. The fraction of sp³-hybridized carbons (Fsp3) is 0.333. The van der Waals surface area contributed by atoms with Gasteiger partial charge in [0.2, 0.25) is 0 Å². The molecule has 0 aliphatic carbocycles. The number of nitrogens with zero attached hydrogens (tertiary/aromatic N) is 5. The maximum absolute atomic E-state index is 13.0. The first-order chi connectivity index (χ1) is 10.8. The second-order valence-electron chi connectivity index (χ2n) is 5.32. The molecule has 0 radical (unpaired) electrons. The van der Waals surface area contributed by atoms with Gasteiger partial charge in [-0.2, -0.15) is 5.10 Å². The topological polar surface area (TPSA) is 79.7 Å². The maximum Gasteiger partial charge on any atom is 0.261 e. The van der Waals surface area contributed by atoms with Gasteiger partial charge in [0.15, 0.2) is 5.65 Å². The number of hydrogen-bond acceptors (Lipinski definition) is 4. The average molecular weight is 296 g/mol. The van der Waals surface area contributed by atoms with Crippen LogP contribution in [0.25, 0.3) is 11.2 Å². The summed E-state index contributed by atoms with van der Waals surface area (Å²) in [6.07, 6.45) is 5.05. The van der Waals surface area contributed by atoms with Crippen molar-refractivity contribution in [3.63, 3.8) is 0 Å². The van der Waals surface area contributed by atoms with Crippen molar-refractivity contribution in [2.24, 2.45) is 0 Å². The molecule has 4 rings (SSSR count). The predicted molar refractivity (Wildman–Crippen MR) is 81.8 cm³/mol. The average Bonchev–Trinajstić information content (AvgIpc) is 3.19. The van der Waals surface area contributed by atoms with Crippen molar-refractivity contribution >= 4 is 22.9 Å². The van der Waals surface area contributed by atoms with Crippen molar-refractivity contribution in [1.82, 2.24) is 24.7 Å². The summed E-state index contributed by atoms with van der Waals surface area (Å²) < 4.78 is 1.87. The summed E-state index contributed by atoms with van der Waals surface area (Å²) in [5.41, 5.74) is 1.90. The molecule has 3 aromatic rings. The minimum Gasteiger partial charge on any atom is -0.340 e. The zero-order valence-corrected chi connectivity index (χ0v) is 12.3. The van der Waals surface area contributed by atoms with Crippen LogP contribution in [0.5, 0.6) is 0 Å². The molecule has 0 bridgehead atoms. The zero-order valence-electron chi connectivity index (χ0n) is 12.3. The van der Waals surface area contributed by atoms with Crippen LogP contribution in [0.1, 0.15) is 29.5 Å². The highest BCUT2D eigenvalue weighted by Crippen LogP contribution is 2.24. The first kappa shape index (κ1) is 13.0. The molecule has 7 heteroatoms. The van der Waals surface area contributed by atoms with Crippen molar-refractivity contribution in [3.8, 4) is 0 Å². The lowest BCUT2D eigenvalue weighted by molar-refractivity contribution is 0.0982. The van der Waals surface area contributed by atoms with E-state index in [1.807, 2.05) is 17.7 Å². The summed E-state index contributed by atoms with van der Waals surface area (Å²) in [5, 5.41) is 4.25. The lowest BCUT2D eigenvalue weighted by Crippen LogP contribution is -2.37. The van der Waals surface area contributed by atoms with E-state index < -0.39 is 0 Å². The standard InChI is InChI=1S/C15H16N6O/c1-2-11-18-13-10(4-6-16-14(13)19-11)15(22)20-8-3-9-21-12(20)5-7-17-21/h4-7H,2-3,8-9H2,1H3,(H,16,18,19). The van der Waals surface area contributed by atoms with Gasteiger partial charge in [-0.05, 0) is 12.5 Å². The molecule has 0 spiro atoms. The lowest BCUT2D eigenvalue weighted by atomic mass is 10.2. The number of anilines is 1. The molecule has 7 nitrogen and oxygen atoms in total. The van der Waals surface area contributed by atoms with Crippen molar-refractivity contribution in [3.05, 3.63) is 35.9 Å². The van der Waals surface area contributed by atoms with Gasteiger partial charge in [-0.25, -0.2) is 14.6 Å². The molecule has 112 valence electrons. The number of pyridine rings is 1. The Labute approximate surface area is 127 Å². The summed E-state index contributed by atoms with van der Waals surface area (Å²) in [6.45, 7) is 3.56. The molecule has 3 aromatic heterocycles. The van der Waals surface area contributed by atoms with Crippen LogP contribution in [0, 0.1) is 0 Å². The smallest absolute Gasteiger partial charge is 0.261 e. The molecule has 0 unspecified atom stereocenters. The first-order valence-corrected chi connectivity index (χ1v) is 7.45. The van der Waals surface area contributed by atoms with Crippen LogP contribution in [-0.4, -0.2) is 37.2 Å². The molecule has 4 heterocycles. The number of carbonyl (C=O) groups excluding carboxylic acids is 1. The van der Waals surface area contributed by atoms with E-state index in [0.717, 1.165) is 31.0 Å². The van der Waals surface area contributed by atoms with Gasteiger partial charge in [-0.15, -0.1) is 0 Å². The first-order valence-electron chi connectivity index (χ1n) is 7.45. The van der Waals surface area contributed by atoms with Crippen LogP contribution >= 0.6 is 0 Å². The van der Waals surface area contributed by atoms with Crippen molar-refractivity contribution in [2.75, 3.05) is 11.4 Å². The quantitative estimate of drug-likeness (QED) is 0.781. The van der Waals surface area contributed by atoms with Gasteiger partial charge < -0.3 is 4.98 Å². The second kappa shape index (κ2) is 4.94. The molecule has 0 fully saturated rings. The Balaban J connectivity index is 1.80. The molecule has 1 aliphatic heterocycles. The summed E-state index contributed by atoms with van der Waals surface area (Å²) >= 11 is 0. The Morgan fingerprint density at radius 3 is 3.09 bits per heavy atom. The third-order valence-corrected chi connectivity index (χ3v) is 3.97. The summed E-state index contributed by atoms with van der Waals surface area (Å²) in [4.78, 5) is 26.6. The molecule has 0 atom stereocenters. The van der Waals surface area contributed by atoms with Gasteiger partial charge in [-0.3, -0.25) is 9.69 Å². The van der Waals surface area contributed by atoms with Gasteiger partial charge in [0.05, 0.1) is 17.3 Å². The highest BCUT2D eigenvalue weighted by Gasteiger charge is 2.26. The van der Waals surface area contributed by atoms with Gasteiger partial charge in [0.25, 0.3) is 5.91 Å². The van der Waals surface area contributed by atoms with Gasteiger partial charge >= 0.3 is 0 Å². The molecular formula is C15H16N6O. The van der Waals surface area contributed by atoms with E-state index in [0.29, 0.717) is 23.3 Å². The van der Waals surface area contributed by atoms with E-state index in [-0.39, 0.29) is 5.91 Å². The van der Waals surface area contributed by atoms with E-state index >= 15 is 0 Å². The molecule has 1 amide bonds. The third kappa shape index (κ3) is 1.89. The molecular weight excluding hydrogens is 280 g/mol. The highest BCUT2D eigenvalue weighted by atomic mass is 16.2. The van der Waals surface area contributed by atoms with Crippen LogP contribution in [0.3, 0.4) is 0 Å². The molecule has 0 saturated carbocycles. The highest BCUT2D eigenvalue weighted by molar-refractivity contribution is 6.12. The molecule has 0 saturated heterocycles. The van der Waals surface area contributed by atoms with Gasteiger partial charge in [-0.1, -0.05) is 6.92 Å². The van der Waals surface area contributed by atoms with Crippen molar-refractivity contribution in [2.45, 2.75) is 26.3 Å². The number of aromatic nitrogens is 5. The normalized spacial score (nSPS) is 14.3. The number of rotatable bonds is 2. The largest absolute Gasteiger partial charge is 0.340 e. The summed E-state index contributed by atoms with van der Waals surface area (Å²) in [7, 11) is 0. The number of carbonyl (C=O) groups is 1. The van der Waals surface area contributed by atoms with Crippen LogP contribution in [0.2, 0.25) is 0 Å².